The summed E-state index contributed by atoms with van der Waals surface area (Å²) in [6.07, 6.45) is 1.78. The molecule has 3 rings (SSSR count). The minimum Gasteiger partial charge on any atom is -0.493 e. The zero-order valence-corrected chi connectivity index (χ0v) is 14.2. The van der Waals surface area contributed by atoms with Gasteiger partial charge >= 0.3 is 0 Å². The first-order valence-corrected chi connectivity index (χ1v) is 8.06. The molecule has 0 atom stereocenters. The number of anilines is 1. The molecule has 0 bridgehead atoms. The van der Waals surface area contributed by atoms with Crippen LogP contribution in [-0.4, -0.2) is 17.8 Å². The summed E-state index contributed by atoms with van der Waals surface area (Å²) in [5.74, 6) is 0.831. The minimum atomic E-state index is 0.631. The number of hydrazone groups is 1. The maximum absolute atomic E-state index is 5.62. The first kappa shape index (κ1) is 16.0. The summed E-state index contributed by atoms with van der Waals surface area (Å²) in [6, 6.07) is 16.1. The number of fused-ring (bicyclic) bond motifs is 1. The van der Waals surface area contributed by atoms with Crippen molar-refractivity contribution in [1.29, 1.82) is 0 Å². The Morgan fingerprint density at radius 1 is 1.12 bits per heavy atom. The van der Waals surface area contributed by atoms with E-state index in [4.69, 9.17) is 4.74 Å². The van der Waals surface area contributed by atoms with Gasteiger partial charge in [-0.25, -0.2) is 0 Å². The van der Waals surface area contributed by atoms with E-state index in [2.05, 4.69) is 34.6 Å². The molecule has 0 saturated heterocycles. The topological polar surface area (TPSA) is 46.5 Å². The van der Waals surface area contributed by atoms with Crippen LogP contribution >= 0.6 is 0 Å². The first-order valence-electron chi connectivity index (χ1n) is 8.06. The van der Waals surface area contributed by atoms with E-state index in [1.165, 1.54) is 5.56 Å². The average Bonchev–Trinajstić information content (AvgIpc) is 2.57. The summed E-state index contributed by atoms with van der Waals surface area (Å²) in [4.78, 5) is 4.57. The van der Waals surface area contributed by atoms with Crippen molar-refractivity contribution in [2.24, 2.45) is 5.10 Å². The summed E-state index contributed by atoms with van der Waals surface area (Å²) in [7, 11) is 0. The summed E-state index contributed by atoms with van der Waals surface area (Å²) in [5, 5.41) is 5.46. The largest absolute Gasteiger partial charge is 0.493 e. The number of rotatable bonds is 5. The molecule has 3 aromatic rings. The molecule has 0 aliphatic rings. The fraction of sp³-hybridized carbons (Fsp3) is 0.200. The third kappa shape index (κ3) is 3.54. The van der Waals surface area contributed by atoms with Gasteiger partial charge in [0.2, 0.25) is 0 Å². The third-order valence-electron chi connectivity index (χ3n) is 3.70. The number of benzene rings is 2. The van der Waals surface area contributed by atoms with E-state index in [0.29, 0.717) is 6.61 Å². The van der Waals surface area contributed by atoms with Crippen LogP contribution in [0.25, 0.3) is 10.9 Å². The Hall–Kier alpha value is -2.88. The van der Waals surface area contributed by atoms with Gasteiger partial charge in [-0.2, -0.15) is 5.10 Å². The molecular formula is C20H21N3O. The second kappa shape index (κ2) is 7.13. The van der Waals surface area contributed by atoms with E-state index < -0.39 is 0 Å². The SMILES string of the molecule is CCOc1ccccc1C=NNc1cc(C)nc2ccc(C)cc12. The molecule has 4 heteroatoms. The summed E-state index contributed by atoms with van der Waals surface area (Å²) in [5.41, 5.74) is 8.16. The molecule has 2 aromatic carbocycles. The number of nitrogens with one attached hydrogen (secondary N) is 1. The average molecular weight is 319 g/mol. The highest BCUT2D eigenvalue weighted by molar-refractivity contribution is 5.92. The second-order valence-electron chi connectivity index (χ2n) is 5.67. The van der Waals surface area contributed by atoms with Gasteiger partial charge in [0, 0.05) is 16.6 Å². The number of pyridine rings is 1. The molecule has 0 saturated carbocycles. The number of ether oxygens (including phenoxy) is 1. The van der Waals surface area contributed by atoms with E-state index in [1.54, 1.807) is 6.21 Å². The highest BCUT2D eigenvalue weighted by Gasteiger charge is 2.04. The van der Waals surface area contributed by atoms with E-state index in [9.17, 15) is 0 Å². The lowest BCUT2D eigenvalue weighted by Crippen LogP contribution is -1.98. The summed E-state index contributed by atoms with van der Waals surface area (Å²) < 4.78 is 5.62. The summed E-state index contributed by atoms with van der Waals surface area (Å²) >= 11 is 0. The molecule has 0 spiro atoms. The van der Waals surface area contributed by atoms with E-state index in [-0.39, 0.29) is 0 Å². The van der Waals surface area contributed by atoms with Crippen molar-refractivity contribution in [2.45, 2.75) is 20.8 Å². The zero-order valence-electron chi connectivity index (χ0n) is 14.2. The van der Waals surface area contributed by atoms with Crippen molar-refractivity contribution in [3.05, 3.63) is 65.4 Å². The maximum atomic E-state index is 5.62. The van der Waals surface area contributed by atoms with Gasteiger partial charge in [0.25, 0.3) is 0 Å². The normalized spacial score (nSPS) is 11.1. The number of hydrogen-bond acceptors (Lipinski definition) is 4. The lowest BCUT2D eigenvalue weighted by atomic mass is 10.1. The van der Waals surface area contributed by atoms with Crippen molar-refractivity contribution in [1.82, 2.24) is 4.98 Å². The lowest BCUT2D eigenvalue weighted by Gasteiger charge is -2.09. The Balaban J connectivity index is 1.89. The Labute approximate surface area is 142 Å². The Kier molecular flexibility index (Phi) is 4.75. The van der Waals surface area contributed by atoms with Crippen LogP contribution < -0.4 is 10.2 Å². The molecule has 1 N–H and O–H groups in total. The smallest absolute Gasteiger partial charge is 0.128 e. The fourth-order valence-electron chi connectivity index (χ4n) is 2.61. The van der Waals surface area contributed by atoms with Crippen LogP contribution in [0.5, 0.6) is 5.75 Å². The van der Waals surface area contributed by atoms with E-state index >= 15 is 0 Å². The predicted molar refractivity (Wildman–Crippen MR) is 100 cm³/mol. The standard InChI is InChI=1S/C20H21N3O/c1-4-24-20-8-6-5-7-16(20)13-21-23-19-12-15(3)22-18-10-9-14(2)11-17(18)19/h5-13H,4H2,1-3H3,(H,22,23). The zero-order chi connectivity index (χ0) is 16.9. The number of hydrogen-bond donors (Lipinski definition) is 1. The molecule has 0 aliphatic carbocycles. The minimum absolute atomic E-state index is 0.631. The van der Waals surface area contributed by atoms with Crippen LogP contribution in [0.3, 0.4) is 0 Å². The highest BCUT2D eigenvalue weighted by Crippen LogP contribution is 2.24. The lowest BCUT2D eigenvalue weighted by molar-refractivity contribution is 0.340. The monoisotopic (exact) mass is 319 g/mol. The van der Waals surface area contributed by atoms with Crippen molar-refractivity contribution in [3.63, 3.8) is 0 Å². The van der Waals surface area contributed by atoms with Crippen LogP contribution in [0.2, 0.25) is 0 Å². The Bertz CT molecular complexity index is 887. The van der Waals surface area contributed by atoms with Gasteiger partial charge in [-0.3, -0.25) is 10.4 Å². The van der Waals surface area contributed by atoms with E-state index in [0.717, 1.165) is 33.6 Å². The van der Waals surface area contributed by atoms with Gasteiger partial charge in [0.15, 0.2) is 0 Å². The quantitative estimate of drug-likeness (QED) is 0.548. The molecule has 0 amide bonds. The maximum Gasteiger partial charge on any atom is 0.128 e. The van der Waals surface area contributed by atoms with Crippen molar-refractivity contribution in [2.75, 3.05) is 12.0 Å². The molecule has 0 aliphatic heterocycles. The number of para-hydroxylation sites is 1. The van der Waals surface area contributed by atoms with Gasteiger partial charge in [0.1, 0.15) is 5.75 Å². The first-order chi connectivity index (χ1) is 11.7. The Morgan fingerprint density at radius 3 is 2.79 bits per heavy atom. The second-order valence-corrected chi connectivity index (χ2v) is 5.67. The fourth-order valence-corrected chi connectivity index (χ4v) is 2.61. The molecule has 1 aromatic heterocycles. The number of aryl methyl sites for hydroxylation is 2. The molecule has 1 heterocycles. The van der Waals surface area contributed by atoms with Gasteiger partial charge in [-0.05, 0) is 51.1 Å². The van der Waals surface area contributed by atoms with Gasteiger partial charge in [-0.1, -0.05) is 23.8 Å². The van der Waals surface area contributed by atoms with Crippen LogP contribution in [0.4, 0.5) is 5.69 Å². The predicted octanol–water partition coefficient (Wildman–Crippen LogP) is 4.70. The van der Waals surface area contributed by atoms with Crippen LogP contribution in [0, 0.1) is 13.8 Å². The van der Waals surface area contributed by atoms with Crippen molar-refractivity contribution in [3.8, 4) is 5.75 Å². The summed E-state index contributed by atoms with van der Waals surface area (Å²) in [6.45, 7) is 6.66. The van der Waals surface area contributed by atoms with Crippen LogP contribution in [0.1, 0.15) is 23.7 Å². The molecule has 0 fully saturated rings. The molecule has 0 unspecified atom stereocenters. The van der Waals surface area contributed by atoms with Gasteiger partial charge in [-0.15, -0.1) is 0 Å². The van der Waals surface area contributed by atoms with Crippen LogP contribution in [-0.2, 0) is 0 Å². The molecule has 0 radical (unpaired) electrons. The third-order valence-corrected chi connectivity index (χ3v) is 3.70. The molecule has 4 nitrogen and oxygen atoms in total. The molecule has 122 valence electrons. The van der Waals surface area contributed by atoms with Gasteiger partial charge < -0.3 is 4.74 Å². The van der Waals surface area contributed by atoms with Crippen LogP contribution in [0.15, 0.2) is 53.6 Å². The molecule has 24 heavy (non-hydrogen) atoms. The van der Waals surface area contributed by atoms with Crippen molar-refractivity contribution < 1.29 is 4.74 Å². The number of nitrogens with zero attached hydrogens (tertiary/aromatic N) is 2. The Morgan fingerprint density at radius 2 is 1.96 bits per heavy atom. The van der Waals surface area contributed by atoms with E-state index in [1.807, 2.05) is 50.2 Å². The number of aromatic nitrogens is 1. The molecular weight excluding hydrogens is 298 g/mol. The van der Waals surface area contributed by atoms with Crippen molar-refractivity contribution >= 4 is 22.8 Å². The highest BCUT2D eigenvalue weighted by atomic mass is 16.5. The van der Waals surface area contributed by atoms with Gasteiger partial charge in [0.05, 0.1) is 24.0 Å².